The van der Waals surface area contributed by atoms with Crippen molar-refractivity contribution in [3.05, 3.63) is 78.2 Å². The minimum absolute atomic E-state index is 0.0475. The van der Waals surface area contributed by atoms with Crippen molar-refractivity contribution in [2.75, 3.05) is 26.2 Å². The zero-order chi connectivity index (χ0) is 21.9. The first-order chi connectivity index (χ1) is 15.7. The van der Waals surface area contributed by atoms with Gasteiger partial charge in [0.25, 0.3) is 5.91 Å². The molecule has 1 aromatic carbocycles. The average Bonchev–Trinajstić information content (AvgIpc) is 3.28. The molecule has 7 heteroatoms. The standard InChI is InChI=1S/C25H26N6O/c1-2-31-24-22(17-27-31)21(15-23(28-24)20-8-4-3-5-9-20)25(32)30-13-11-29(12-14-30)18-19-7-6-10-26-16-19/h3-10,15-17H,2,11-14,18H2,1H3. The fraction of sp³-hybridized carbons (Fsp3) is 0.280. The van der Waals surface area contributed by atoms with Crippen LogP contribution < -0.4 is 0 Å². The molecule has 0 spiro atoms. The van der Waals surface area contributed by atoms with Crippen molar-refractivity contribution < 1.29 is 4.79 Å². The number of pyridine rings is 2. The summed E-state index contributed by atoms with van der Waals surface area (Å²) in [7, 11) is 0. The van der Waals surface area contributed by atoms with Gasteiger partial charge in [-0.25, -0.2) is 9.67 Å². The molecule has 32 heavy (non-hydrogen) atoms. The van der Waals surface area contributed by atoms with Crippen molar-refractivity contribution >= 4 is 16.9 Å². The maximum absolute atomic E-state index is 13.6. The highest BCUT2D eigenvalue weighted by Crippen LogP contribution is 2.26. The maximum Gasteiger partial charge on any atom is 0.254 e. The molecule has 1 saturated heterocycles. The third-order valence-corrected chi connectivity index (χ3v) is 6.00. The Labute approximate surface area is 187 Å². The minimum atomic E-state index is 0.0475. The summed E-state index contributed by atoms with van der Waals surface area (Å²) in [4.78, 5) is 26.9. The van der Waals surface area contributed by atoms with Gasteiger partial charge in [-0.3, -0.25) is 14.7 Å². The molecule has 1 aliphatic rings. The molecule has 1 amide bonds. The van der Waals surface area contributed by atoms with Gasteiger partial charge >= 0.3 is 0 Å². The van der Waals surface area contributed by atoms with Crippen LogP contribution in [0.5, 0.6) is 0 Å². The zero-order valence-electron chi connectivity index (χ0n) is 18.2. The van der Waals surface area contributed by atoms with Crippen molar-refractivity contribution in [1.82, 2.24) is 29.5 Å². The first-order valence-electron chi connectivity index (χ1n) is 11.1. The number of carbonyl (C=O) groups is 1. The SMILES string of the molecule is CCn1ncc2c(C(=O)N3CCN(Cc4cccnc4)CC3)cc(-c3ccccc3)nc21. The van der Waals surface area contributed by atoms with Gasteiger partial charge in [-0.05, 0) is 24.6 Å². The van der Waals surface area contributed by atoms with Crippen LogP contribution >= 0.6 is 0 Å². The Bertz CT molecular complexity index is 1210. The third kappa shape index (κ3) is 3.99. The first-order valence-corrected chi connectivity index (χ1v) is 11.1. The molecule has 3 aromatic heterocycles. The summed E-state index contributed by atoms with van der Waals surface area (Å²) in [6.45, 7) is 6.68. The highest BCUT2D eigenvalue weighted by atomic mass is 16.2. The smallest absolute Gasteiger partial charge is 0.254 e. The van der Waals surface area contributed by atoms with Gasteiger partial charge in [-0.15, -0.1) is 0 Å². The molecule has 0 N–H and O–H groups in total. The number of hydrogen-bond acceptors (Lipinski definition) is 5. The first kappa shape index (κ1) is 20.3. The largest absolute Gasteiger partial charge is 0.336 e. The summed E-state index contributed by atoms with van der Waals surface area (Å²) in [5.41, 5.74) is 4.42. The van der Waals surface area contributed by atoms with Crippen LogP contribution in [0.25, 0.3) is 22.3 Å². The van der Waals surface area contributed by atoms with Gasteiger partial charge in [0.2, 0.25) is 0 Å². The molecule has 162 valence electrons. The summed E-state index contributed by atoms with van der Waals surface area (Å²) in [5.74, 6) is 0.0475. The molecular formula is C25H26N6O. The van der Waals surface area contributed by atoms with E-state index in [9.17, 15) is 4.79 Å². The van der Waals surface area contributed by atoms with E-state index in [0.717, 1.165) is 41.9 Å². The number of hydrogen-bond donors (Lipinski definition) is 0. The number of nitrogens with zero attached hydrogens (tertiary/aromatic N) is 6. The van der Waals surface area contributed by atoms with Crippen LogP contribution in [0.3, 0.4) is 0 Å². The molecule has 0 bridgehead atoms. The number of rotatable bonds is 5. The second-order valence-corrected chi connectivity index (χ2v) is 8.05. The molecule has 4 heterocycles. The van der Waals surface area contributed by atoms with E-state index in [1.54, 1.807) is 12.4 Å². The maximum atomic E-state index is 13.6. The number of benzene rings is 1. The number of aryl methyl sites for hydroxylation is 1. The van der Waals surface area contributed by atoms with Crippen LogP contribution in [0.1, 0.15) is 22.8 Å². The predicted octanol–water partition coefficient (Wildman–Crippen LogP) is 3.47. The molecule has 5 rings (SSSR count). The molecule has 7 nitrogen and oxygen atoms in total. The van der Waals surface area contributed by atoms with Crippen molar-refractivity contribution in [1.29, 1.82) is 0 Å². The van der Waals surface area contributed by atoms with Crippen LogP contribution in [0.4, 0.5) is 0 Å². The van der Waals surface area contributed by atoms with Gasteiger partial charge in [-0.2, -0.15) is 5.10 Å². The van der Waals surface area contributed by atoms with E-state index in [-0.39, 0.29) is 5.91 Å². The quantitative estimate of drug-likeness (QED) is 0.489. The Morgan fingerprint density at radius 3 is 2.53 bits per heavy atom. The number of piperazine rings is 1. The van der Waals surface area contributed by atoms with E-state index >= 15 is 0 Å². The average molecular weight is 427 g/mol. The number of amides is 1. The summed E-state index contributed by atoms with van der Waals surface area (Å²) in [6.07, 6.45) is 5.47. The zero-order valence-corrected chi connectivity index (χ0v) is 18.2. The summed E-state index contributed by atoms with van der Waals surface area (Å²) >= 11 is 0. The lowest BCUT2D eigenvalue weighted by Crippen LogP contribution is -2.48. The van der Waals surface area contributed by atoms with Gasteiger partial charge in [0.1, 0.15) is 0 Å². The van der Waals surface area contributed by atoms with Crippen molar-refractivity contribution in [2.24, 2.45) is 0 Å². The normalized spacial score (nSPS) is 14.7. The fourth-order valence-electron chi connectivity index (χ4n) is 4.24. The lowest BCUT2D eigenvalue weighted by Gasteiger charge is -2.34. The van der Waals surface area contributed by atoms with Gasteiger partial charge in [0.05, 0.1) is 22.8 Å². The van der Waals surface area contributed by atoms with Crippen molar-refractivity contribution in [3.8, 4) is 11.3 Å². The Balaban J connectivity index is 1.40. The Kier molecular flexibility index (Phi) is 5.64. The predicted molar refractivity (Wildman–Crippen MR) is 124 cm³/mol. The van der Waals surface area contributed by atoms with E-state index < -0.39 is 0 Å². The number of aromatic nitrogens is 4. The molecule has 1 aliphatic heterocycles. The fourth-order valence-corrected chi connectivity index (χ4v) is 4.24. The lowest BCUT2D eigenvalue weighted by atomic mass is 10.1. The molecule has 0 saturated carbocycles. The Morgan fingerprint density at radius 2 is 1.81 bits per heavy atom. The molecule has 0 unspecified atom stereocenters. The number of carbonyl (C=O) groups excluding carboxylic acids is 1. The highest BCUT2D eigenvalue weighted by molar-refractivity contribution is 6.06. The van der Waals surface area contributed by atoms with Gasteiger partial charge in [-0.1, -0.05) is 36.4 Å². The highest BCUT2D eigenvalue weighted by Gasteiger charge is 2.25. The van der Waals surface area contributed by atoms with Crippen LogP contribution in [-0.2, 0) is 13.1 Å². The topological polar surface area (TPSA) is 67.2 Å². The molecule has 0 aliphatic carbocycles. The summed E-state index contributed by atoms with van der Waals surface area (Å²) in [6, 6.07) is 16.0. The Hall–Kier alpha value is -3.58. The molecular weight excluding hydrogens is 400 g/mol. The molecule has 0 atom stereocenters. The lowest BCUT2D eigenvalue weighted by molar-refractivity contribution is 0.0630. The van der Waals surface area contributed by atoms with E-state index in [2.05, 4.69) is 21.0 Å². The van der Waals surface area contributed by atoms with Crippen molar-refractivity contribution in [2.45, 2.75) is 20.0 Å². The van der Waals surface area contributed by atoms with E-state index in [1.165, 1.54) is 5.56 Å². The molecule has 1 fully saturated rings. The second kappa shape index (κ2) is 8.88. The van der Waals surface area contributed by atoms with E-state index in [0.29, 0.717) is 25.2 Å². The van der Waals surface area contributed by atoms with E-state index in [1.807, 2.05) is 65.2 Å². The summed E-state index contributed by atoms with van der Waals surface area (Å²) < 4.78 is 1.85. The minimum Gasteiger partial charge on any atom is -0.336 e. The van der Waals surface area contributed by atoms with Crippen molar-refractivity contribution in [3.63, 3.8) is 0 Å². The molecule has 4 aromatic rings. The Morgan fingerprint density at radius 1 is 1.00 bits per heavy atom. The van der Waals surface area contributed by atoms with Crippen LogP contribution in [0.2, 0.25) is 0 Å². The van der Waals surface area contributed by atoms with Crippen LogP contribution in [0.15, 0.2) is 67.1 Å². The van der Waals surface area contributed by atoms with Gasteiger partial charge in [0.15, 0.2) is 5.65 Å². The van der Waals surface area contributed by atoms with Crippen LogP contribution in [0, 0.1) is 0 Å². The third-order valence-electron chi connectivity index (χ3n) is 6.00. The second-order valence-electron chi connectivity index (χ2n) is 8.05. The van der Waals surface area contributed by atoms with Gasteiger partial charge < -0.3 is 4.90 Å². The summed E-state index contributed by atoms with van der Waals surface area (Å²) in [5, 5.41) is 5.28. The monoisotopic (exact) mass is 426 g/mol. The molecule has 0 radical (unpaired) electrons. The van der Waals surface area contributed by atoms with Crippen LogP contribution in [-0.4, -0.2) is 61.6 Å². The number of fused-ring (bicyclic) bond motifs is 1. The van der Waals surface area contributed by atoms with E-state index in [4.69, 9.17) is 4.98 Å². The van der Waals surface area contributed by atoms with Gasteiger partial charge in [0, 0.05) is 57.2 Å².